The van der Waals surface area contributed by atoms with Crippen LogP contribution in [-0.2, 0) is 11.3 Å². The number of hydrogen-bond donors (Lipinski definition) is 2. The summed E-state index contributed by atoms with van der Waals surface area (Å²) in [5.41, 5.74) is 1.05. The summed E-state index contributed by atoms with van der Waals surface area (Å²) in [4.78, 5) is 27.8. The summed E-state index contributed by atoms with van der Waals surface area (Å²) in [6.07, 6.45) is -0.253. The Morgan fingerprint density at radius 2 is 2.00 bits per heavy atom. The predicted octanol–water partition coefficient (Wildman–Crippen LogP) is 0.316. The number of nitrogens with zero attached hydrogens (tertiary/aromatic N) is 2. The SMILES string of the molecule is CCN1CNC2C1C(=O)NC(=O)N2Cc1ccccc1. The molecular weight excluding hydrogens is 256 g/mol. The standard InChI is InChI=1S/C14H18N4O2/c1-2-17-9-15-12-11(17)13(19)16-14(20)18(12)8-10-6-4-3-5-7-10/h3-7,11-12,15H,2,8-9H2,1H3,(H,16,19,20). The minimum atomic E-state index is -0.328. The highest BCUT2D eigenvalue weighted by atomic mass is 16.2. The Morgan fingerprint density at radius 3 is 2.70 bits per heavy atom. The minimum Gasteiger partial charge on any atom is -0.302 e. The van der Waals surface area contributed by atoms with Crippen molar-refractivity contribution >= 4 is 11.9 Å². The fourth-order valence-electron chi connectivity index (χ4n) is 2.85. The number of rotatable bonds is 3. The van der Waals surface area contributed by atoms with Gasteiger partial charge in [-0.05, 0) is 12.1 Å². The molecule has 0 aromatic heterocycles. The Labute approximate surface area is 117 Å². The highest BCUT2D eigenvalue weighted by Gasteiger charge is 2.47. The lowest BCUT2D eigenvalue weighted by molar-refractivity contribution is -0.127. The van der Waals surface area contributed by atoms with Crippen LogP contribution in [0, 0.1) is 0 Å². The molecule has 1 aromatic carbocycles. The lowest BCUT2D eigenvalue weighted by Crippen LogP contribution is -2.65. The summed E-state index contributed by atoms with van der Waals surface area (Å²) in [7, 11) is 0. The molecule has 2 aliphatic heterocycles. The van der Waals surface area contributed by atoms with Crippen molar-refractivity contribution in [3.8, 4) is 0 Å². The molecule has 0 saturated carbocycles. The molecule has 0 aliphatic carbocycles. The van der Waals surface area contributed by atoms with Gasteiger partial charge < -0.3 is 4.90 Å². The number of imide groups is 1. The molecule has 2 saturated heterocycles. The van der Waals surface area contributed by atoms with Crippen LogP contribution in [0.5, 0.6) is 0 Å². The van der Waals surface area contributed by atoms with Gasteiger partial charge in [0.1, 0.15) is 12.2 Å². The number of amides is 3. The van der Waals surface area contributed by atoms with Crippen molar-refractivity contribution in [3.63, 3.8) is 0 Å². The maximum atomic E-state index is 12.1. The highest BCUT2D eigenvalue weighted by molar-refractivity contribution is 6.00. The van der Waals surface area contributed by atoms with Crippen LogP contribution in [0.15, 0.2) is 30.3 Å². The first-order chi connectivity index (χ1) is 9.70. The Kier molecular flexibility index (Phi) is 3.42. The summed E-state index contributed by atoms with van der Waals surface area (Å²) in [5, 5.41) is 5.71. The molecule has 3 rings (SSSR count). The highest BCUT2D eigenvalue weighted by Crippen LogP contribution is 2.21. The van der Waals surface area contributed by atoms with E-state index >= 15 is 0 Å². The lowest BCUT2D eigenvalue weighted by atomic mass is 10.1. The van der Waals surface area contributed by atoms with Crippen LogP contribution in [-0.4, -0.2) is 47.2 Å². The number of urea groups is 1. The van der Waals surface area contributed by atoms with Crippen molar-refractivity contribution in [3.05, 3.63) is 35.9 Å². The van der Waals surface area contributed by atoms with Crippen molar-refractivity contribution in [1.82, 2.24) is 20.4 Å². The summed E-state index contributed by atoms with van der Waals surface area (Å²) in [5.74, 6) is -0.212. The quantitative estimate of drug-likeness (QED) is 0.833. The fourth-order valence-corrected chi connectivity index (χ4v) is 2.85. The van der Waals surface area contributed by atoms with Crippen molar-refractivity contribution in [2.75, 3.05) is 13.2 Å². The Bertz CT molecular complexity index is 519. The smallest absolute Gasteiger partial charge is 0.302 e. The number of carbonyl (C=O) groups excluding carboxylic acids is 2. The first-order valence-corrected chi connectivity index (χ1v) is 6.83. The van der Waals surface area contributed by atoms with E-state index in [-0.39, 0.29) is 24.1 Å². The zero-order chi connectivity index (χ0) is 14.1. The van der Waals surface area contributed by atoms with Gasteiger partial charge in [-0.25, -0.2) is 4.79 Å². The molecule has 2 fully saturated rings. The second-order valence-electron chi connectivity index (χ2n) is 5.06. The van der Waals surface area contributed by atoms with E-state index in [1.165, 1.54) is 0 Å². The molecule has 20 heavy (non-hydrogen) atoms. The average molecular weight is 274 g/mol. The second-order valence-corrected chi connectivity index (χ2v) is 5.06. The van der Waals surface area contributed by atoms with Crippen molar-refractivity contribution in [2.45, 2.75) is 25.7 Å². The first kappa shape index (κ1) is 13.1. The fraction of sp³-hybridized carbons (Fsp3) is 0.429. The molecule has 6 heteroatoms. The number of benzene rings is 1. The van der Waals surface area contributed by atoms with Gasteiger partial charge in [0.2, 0.25) is 5.91 Å². The molecule has 2 heterocycles. The predicted molar refractivity (Wildman–Crippen MR) is 73.5 cm³/mol. The molecule has 2 aliphatic rings. The van der Waals surface area contributed by atoms with Crippen LogP contribution in [0.1, 0.15) is 12.5 Å². The Morgan fingerprint density at radius 1 is 1.25 bits per heavy atom. The van der Waals surface area contributed by atoms with E-state index in [0.29, 0.717) is 13.2 Å². The number of fused-ring (bicyclic) bond motifs is 1. The van der Waals surface area contributed by atoms with Gasteiger partial charge in [-0.3, -0.25) is 20.3 Å². The van der Waals surface area contributed by atoms with Crippen LogP contribution in [0.25, 0.3) is 0 Å². The van der Waals surface area contributed by atoms with Gasteiger partial charge in [-0.2, -0.15) is 0 Å². The number of carbonyl (C=O) groups is 2. The normalized spacial score (nSPS) is 26.6. The second kappa shape index (κ2) is 5.22. The molecule has 0 spiro atoms. The van der Waals surface area contributed by atoms with Gasteiger partial charge in [0.05, 0.1) is 6.67 Å². The first-order valence-electron chi connectivity index (χ1n) is 6.83. The summed E-state index contributed by atoms with van der Waals surface area (Å²) >= 11 is 0. The minimum absolute atomic E-state index is 0.212. The van der Waals surface area contributed by atoms with Crippen molar-refractivity contribution < 1.29 is 9.59 Å². The van der Waals surface area contributed by atoms with Gasteiger partial charge in [0.25, 0.3) is 0 Å². The topological polar surface area (TPSA) is 64.7 Å². The molecule has 1 aromatic rings. The van der Waals surface area contributed by atoms with Crippen LogP contribution < -0.4 is 10.6 Å². The molecule has 6 nitrogen and oxygen atoms in total. The van der Waals surface area contributed by atoms with E-state index < -0.39 is 0 Å². The molecule has 0 radical (unpaired) electrons. The van der Waals surface area contributed by atoms with Gasteiger partial charge in [0, 0.05) is 6.54 Å². The van der Waals surface area contributed by atoms with E-state index in [9.17, 15) is 9.59 Å². The van der Waals surface area contributed by atoms with Crippen LogP contribution in [0.4, 0.5) is 4.79 Å². The number of hydrogen-bond acceptors (Lipinski definition) is 4. The van der Waals surface area contributed by atoms with E-state index in [1.54, 1.807) is 4.90 Å². The molecule has 2 N–H and O–H groups in total. The maximum absolute atomic E-state index is 12.1. The summed E-state index contributed by atoms with van der Waals surface area (Å²) in [6, 6.07) is 9.16. The largest absolute Gasteiger partial charge is 0.325 e. The van der Waals surface area contributed by atoms with E-state index in [4.69, 9.17) is 0 Å². The molecule has 0 bridgehead atoms. The number of likely N-dealkylation sites (N-methyl/N-ethyl adjacent to an activating group) is 1. The molecule has 3 amide bonds. The molecule has 2 unspecified atom stereocenters. The number of nitrogens with one attached hydrogen (secondary N) is 2. The zero-order valence-electron chi connectivity index (χ0n) is 11.4. The van der Waals surface area contributed by atoms with Gasteiger partial charge >= 0.3 is 6.03 Å². The lowest BCUT2D eigenvalue weighted by Gasteiger charge is -2.37. The van der Waals surface area contributed by atoms with Gasteiger partial charge in [-0.1, -0.05) is 37.3 Å². The molecular formula is C14H18N4O2. The average Bonchev–Trinajstić information content (AvgIpc) is 2.89. The van der Waals surface area contributed by atoms with Crippen molar-refractivity contribution in [2.24, 2.45) is 0 Å². The zero-order valence-corrected chi connectivity index (χ0v) is 11.4. The van der Waals surface area contributed by atoms with Gasteiger partial charge in [0.15, 0.2) is 0 Å². The van der Waals surface area contributed by atoms with Crippen LogP contribution in [0.3, 0.4) is 0 Å². The van der Waals surface area contributed by atoms with E-state index in [1.807, 2.05) is 42.2 Å². The Hall–Kier alpha value is -1.92. The third-order valence-electron chi connectivity index (χ3n) is 3.89. The van der Waals surface area contributed by atoms with Crippen LogP contribution >= 0.6 is 0 Å². The van der Waals surface area contributed by atoms with E-state index in [2.05, 4.69) is 10.6 Å². The van der Waals surface area contributed by atoms with Gasteiger partial charge in [-0.15, -0.1) is 0 Å². The van der Waals surface area contributed by atoms with E-state index in [0.717, 1.165) is 12.1 Å². The van der Waals surface area contributed by atoms with Crippen molar-refractivity contribution in [1.29, 1.82) is 0 Å². The Balaban J connectivity index is 1.83. The van der Waals surface area contributed by atoms with Crippen LogP contribution in [0.2, 0.25) is 0 Å². The maximum Gasteiger partial charge on any atom is 0.325 e. The summed E-state index contributed by atoms with van der Waals surface area (Å²) < 4.78 is 0. The third-order valence-corrected chi connectivity index (χ3v) is 3.89. The molecule has 106 valence electrons. The third kappa shape index (κ3) is 2.17. The summed E-state index contributed by atoms with van der Waals surface area (Å²) in [6.45, 7) is 3.90. The monoisotopic (exact) mass is 274 g/mol. The molecule has 2 atom stereocenters.